The van der Waals surface area contributed by atoms with E-state index in [1.165, 1.54) is 10.5 Å². The van der Waals surface area contributed by atoms with Crippen molar-refractivity contribution in [2.24, 2.45) is 5.92 Å². The molecule has 1 N–H and O–H groups in total. The average molecular weight is 438 g/mol. The Hall–Kier alpha value is -3.35. The van der Waals surface area contributed by atoms with E-state index < -0.39 is 12.1 Å². The van der Waals surface area contributed by atoms with E-state index in [0.29, 0.717) is 29.6 Å². The van der Waals surface area contributed by atoms with Gasteiger partial charge < -0.3 is 15.0 Å². The van der Waals surface area contributed by atoms with E-state index in [1.54, 1.807) is 31.4 Å². The van der Waals surface area contributed by atoms with Crippen LogP contribution in [0.1, 0.15) is 39.2 Å². The Morgan fingerprint density at radius 3 is 2.28 bits per heavy atom. The summed E-state index contributed by atoms with van der Waals surface area (Å²) in [6.07, 6.45) is 1.57. The number of carbonyl (C=O) groups excluding carboxylic acids is 3. The summed E-state index contributed by atoms with van der Waals surface area (Å²) in [5.41, 5.74) is 2.31. The molecule has 2 aromatic carbocycles. The van der Waals surface area contributed by atoms with E-state index in [2.05, 4.69) is 26.1 Å². The molecule has 32 heavy (non-hydrogen) atoms. The lowest BCUT2D eigenvalue weighted by atomic mass is 10.1. The maximum Gasteiger partial charge on any atom is 0.332 e. The molecular weight excluding hydrogens is 406 g/mol. The second kappa shape index (κ2) is 10.3. The molecule has 0 bridgehead atoms. The number of hydrogen-bond acceptors (Lipinski definition) is 4. The van der Waals surface area contributed by atoms with Gasteiger partial charge in [-0.2, -0.15) is 0 Å². The number of aryl methyl sites for hydroxylation is 1. The molecule has 1 heterocycles. The molecule has 1 aliphatic rings. The van der Waals surface area contributed by atoms with Crippen LogP contribution in [0.4, 0.5) is 16.2 Å². The van der Waals surface area contributed by atoms with Crippen LogP contribution in [0.5, 0.6) is 5.75 Å². The summed E-state index contributed by atoms with van der Waals surface area (Å²) in [6.45, 7) is 6.60. The summed E-state index contributed by atoms with van der Waals surface area (Å²) in [6, 6.07) is 13.1. The van der Waals surface area contributed by atoms with Crippen molar-refractivity contribution < 1.29 is 19.1 Å². The van der Waals surface area contributed by atoms with Gasteiger partial charge in [-0.3, -0.25) is 9.59 Å². The fourth-order valence-electron chi connectivity index (χ4n) is 3.67. The molecule has 4 amide bonds. The van der Waals surface area contributed by atoms with Crippen molar-refractivity contribution in [2.45, 2.75) is 46.1 Å². The highest BCUT2D eigenvalue weighted by Gasteiger charge is 2.46. The first-order valence-electron chi connectivity index (χ1n) is 11.0. The van der Waals surface area contributed by atoms with Gasteiger partial charge in [0.1, 0.15) is 11.8 Å². The third kappa shape index (κ3) is 5.28. The number of nitrogens with zero attached hydrogens (tertiary/aromatic N) is 2. The molecule has 1 unspecified atom stereocenters. The largest absolute Gasteiger partial charge is 0.497 e. The van der Waals surface area contributed by atoms with Gasteiger partial charge in [-0.1, -0.05) is 32.9 Å². The summed E-state index contributed by atoms with van der Waals surface area (Å²) in [5, 5.41) is 2.85. The standard InChI is InChI=1S/C25H31N3O4/c1-5-18-6-8-19(9-7-18)26-23(29)16-22-24(30)28(20-10-12-21(32-4)13-11-20)25(31)27(22)15-14-17(2)3/h6-13,17,22H,5,14-16H2,1-4H3,(H,26,29). The number of hydrogen-bond donors (Lipinski definition) is 1. The van der Waals surface area contributed by atoms with Crippen LogP contribution in [-0.2, 0) is 16.0 Å². The van der Waals surface area contributed by atoms with Crippen molar-refractivity contribution in [1.29, 1.82) is 0 Å². The van der Waals surface area contributed by atoms with Crippen LogP contribution >= 0.6 is 0 Å². The Bertz CT molecular complexity index is 954. The first-order valence-corrected chi connectivity index (χ1v) is 11.0. The summed E-state index contributed by atoms with van der Waals surface area (Å²) in [4.78, 5) is 41.9. The summed E-state index contributed by atoms with van der Waals surface area (Å²) in [5.74, 6) is 0.306. The van der Waals surface area contributed by atoms with Gasteiger partial charge in [0.05, 0.1) is 19.2 Å². The van der Waals surface area contributed by atoms with E-state index in [9.17, 15) is 14.4 Å². The second-order valence-electron chi connectivity index (χ2n) is 8.35. The van der Waals surface area contributed by atoms with Gasteiger partial charge in [0, 0.05) is 12.2 Å². The van der Waals surface area contributed by atoms with Crippen molar-refractivity contribution in [3.63, 3.8) is 0 Å². The van der Waals surface area contributed by atoms with Gasteiger partial charge in [-0.15, -0.1) is 0 Å². The fraction of sp³-hybridized carbons (Fsp3) is 0.400. The van der Waals surface area contributed by atoms with E-state index >= 15 is 0 Å². The number of methoxy groups -OCH3 is 1. The van der Waals surface area contributed by atoms with Gasteiger partial charge in [0.15, 0.2) is 0 Å². The molecule has 1 aliphatic heterocycles. The number of rotatable bonds is 9. The molecule has 1 fully saturated rings. The zero-order chi connectivity index (χ0) is 23.3. The van der Waals surface area contributed by atoms with Crippen LogP contribution in [0.2, 0.25) is 0 Å². The van der Waals surface area contributed by atoms with Crippen LogP contribution in [-0.4, -0.2) is 42.4 Å². The Labute approximate surface area is 189 Å². The summed E-state index contributed by atoms with van der Waals surface area (Å²) < 4.78 is 5.16. The molecule has 0 aliphatic carbocycles. The Kier molecular flexibility index (Phi) is 7.51. The Balaban J connectivity index is 1.78. The van der Waals surface area contributed by atoms with E-state index in [4.69, 9.17) is 4.74 Å². The molecule has 1 saturated heterocycles. The Morgan fingerprint density at radius 2 is 1.72 bits per heavy atom. The van der Waals surface area contributed by atoms with Crippen LogP contribution in [0.3, 0.4) is 0 Å². The van der Waals surface area contributed by atoms with Crippen molar-refractivity contribution >= 4 is 29.2 Å². The molecule has 7 heteroatoms. The highest BCUT2D eigenvalue weighted by Crippen LogP contribution is 2.29. The molecule has 0 spiro atoms. The molecule has 7 nitrogen and oxygen atoms in total. The zero-order valence-corrected chi connectivity index (χ0v) is 19.1. The number of imide groups is 1. The lowest BCUT2D eigenvalue weighted by Crippen LogP contribution is -2.39. The normalized spacial score (nSPS) is 16.1. The zero-order valence-electron chi connectivity index (χ0n) is 19.1. The molecule has 0 aromatic heterocycles. The maximum absolute atomic E-state index is 13.2. The molecule has 0 saturated carbocycles. The molecule has 170 valence electrons. The van der Waals surface area contributed by atoms with Crippen molar-refractivity contribution in [2.75, 3.05) is 23.9 Å². The van der Waals surface area contributed by atoms with Crippen molar-refractivity contribution in [1.82, 2.24) is 4.90 Å². The van der Waals surface area contributed by atoms with Crippen LogP contribution in [0.25, 0.3) is 0 Å². The number of amides is 4. The SMILES string of the molecule is CCc1ccc(NC(=O)CC2C(=O)N(c3ccc(OC)cc3)C(=O)N2CCC(C)C)cc1. The third-order valence-corrected chi connectivity index (χ3v) is 5.62. The quantitative estimate of drug-likeness (QED) is 0.587. The van der Waals surface area contributed by atoms with E-state index in [1.807, 2.05) is 24.3 Å². The minimum Gasteiger partial charge on any atom is -0.497 e. The average Bonchev–Trinajstić information content (AvgIpc) is 3.01. The summed E-state index contributed by atoms with van der Waals surface area (Å²) in [7, 11) is 1.55. The number of carbonyl (C=O) groups is 3. The number of ether oxygens (including phenoxy) is 1. The summed E-state index contributed by atoms with van der Waals surface area (Å²) >= 11 is 0. The number of benzene rings is 2. The predicted octanol–water partition coefficient (Wildman–Crippen LogP) is 4.47. The van der Waals surface area contributed by atoms with Crippen LogP contribution in [0.15, 0.2) is 48.5 Å². The second-order valence-corrected chi connectivity index (χ2v) is 8.35. The fourth-order valence-corrected chi connectivity index (χ4v) is 3.67. The smallest absolute Gasteiger partial charge is 0.332 e. The maximum atomic E-state index is 13.2. The monoisotopic (exact) mass is 437 g/mol. The van der Waals surface area contributed by atoms with Gasteiger partial charge in [-0.25, -0.2) is 9.69 Å². The first kappa shape index (κ1) is 23.3. The number of anilines is 2. The molecule has 2 aromatic rings. The van der Waals surface area contributed by atoms with E-state index in [-0.39, 0.29) is 18.2 Å². The van der Waals surface area contributed by atoms with Gasteiger partial charge >= 0.3 is 6.03 Å². The molecule has 0 radical (unpaired) electrons. The van der Waals surface area contributed by atoms with E-state index in [0.717, 1.165) is 17.7 Å². The van der Waals surface area contributed by atoms with Crippen molar-refractivity contribution in [3.8, 4) is 5.75 Å². The number of nitrogens with one attached hydrogen (secondary N) is 1. The third-order valence-electron chi connectivity index (χ3n) is 5.62. The highest BCUT2D eigenvalue weighted by molar-refractivity contribution is 6.22. The Morgan fingerprint density at radius 1 is 1.06 bits per heavy atom. The molecular formula is C25H31N3O4. The number of urea groups is 1. The van der Waals surface area contributed by atoms with Gasteiger partial charge in [-0.05, 0) is 60.7 Å². The van der Waals surface area contributed by atoms with Crippen LogP contribution in [0, 0.1) is 5.92 Å². The molecule has 1 atom stereocenters. The molecule has 3 rings (SSSR count). The topological polar surface area (TPSA) is 79.0 Å². The van der Waals surface area contributed by atoms with Gasteiger partial charge in [0.2, 0.25) is 5.91 Å². The van der Waals surface area contributed by atoms with Gasteiger partial charge in [0.25, 0.3) is 5.91 Å². The lowest BCUT2D eigenvalue weighted by Gasteiger charge is -2.22. The first-order chi connectivity index (χ1) is 15.3. The highest BCUT2D eigenvalue weighted by atomic mass is 16.5. The minimum absolute atomic E-state index is 0.0924. The minimum atomic E-state index is -0.835. The van der Waals surface area contributed by atoms with Crippen LogP contribution < -0.4 is 15.0 Å². The predicted molar refractivity (Wildman–Crippen MR) is 125 cm³/mol. The lowest BCUT2D eigenvalue weighted by molar-refractivity contribution is -0.124. The van der Waals surface area contributed by atoms with Crippen molar-refractivity contribution in [3.05, 3.63) is 54.1 Å².